The van der Waals surface area contributed by atoms with Gasteiger partial charge in [-0.25, -0.2) is 4.98 Å². The highest BCUT2D eigenvalue weighted by Crippen LogP contribution is 2.39. The Bertz CT molecular complexity index is 2310. The Morgan fingerprint density at radius 3 is 1.58 bits per heavy atom. The summed E-state index contributed by atoms with van der Waals surface area (Å²) < 4.78 is 2.41. The molecule has 2 heterocycles. The lowest BCUT2D eigenvalue weighted by atomic mass is 9.98. The van der Waals surface area contributed by atoms with Gasteiger partial charge in [0.15, 0.2) is 0 Å². The Morgan fingerprint density at radius 2 is 0.907 bits per heavy atom. The molecule has 2 nitrogen and oxygen atoms in total. The van der Waals surface area contributed by atoms with E-state index in [0.717, 1.165) is 28.1 Å². The fourth-order valence-electron chi connectivity index (χ4n) is 6.66. The quantitative estimate of drug-likeness (QED) is 0.201. The van der Waals surface area contributed by atoms with E-state index in [1.54, 1.807) is 0 Å². The van der Waals surface area contributed by atoms with Crippen LogP contribution in [0.25, 0.3) is 82.7 Å². The third kappa shape index (κ3) is 3.84. The maximum absolute atomic E-state index is 5.15. The van der Waals surface area contributed by atoms with Crippen molar-refractivity contribution in [2.75, 3.05) is 0 Å². The summed E-state index contributed by atoms with van der Waals surface area (Å²) in [7, 11) is 0. The average Bonchev–Trinajstić information content (AvgIpc) is 3.43. The van der Waals surface area contributed by atoms with Crippen LogP contribution in [0.5, 0.6) is 0 Å². The van der Waals surface area contributed by atoms with Gasteiger partial charge in [-0.05, 0) is 75.1 Å². The van der Waals surface area contributed by atoms with Crippen molar-refractivity contribution < 1.29 is 0 Å². The number of hydrogen-bond acceptors (Lipinski definition) is 1. The van der Waals surface area contributed by atoms with Gasteiger partial charge in [0.05, 0.1) is 22.4 Å². The molecule has 0 N–H and O–H groups in total. The number of aromatic nitrogens is 2. The maximum atomic E-state index is 5.15. The zero-order chi connectivity index (χ0) is 28.3. The number of benzene rings is 7. The summed E-state index contributed by atoms with van der Waals surface area (Å²) in [6.07, 6.45) is 0. The van der Waals surface area contributed by atoms with Gasteiger partial charge in [-0.2, -0.15) is 0 Å². The summed E-state index contributed by atoms with van der Waals surface area (Å²) >= 11 is 0. The molecule has 0 aliphatic rings. The Labute approximate surface area is 249 Å². The largest absolute Gasteiger partial charge is 0.309 e. The summed E-state index contributed by atoms with van der Waals surface area (Å²) in [5, 5.41) is 7.65. The second-order valence-electron chi connectivity index (χ2n) is 11.3. The Kier molecular flexibility index (Phi) is 5.23. The number of nitrogens with zero attached hydrogens (tertiary/aromatic N) is 2. The number of pyridine rings is 1. The molecule has 43 heavy (non-hydrogen) atoms. The Balaban J connectivity index is 1.19. The van der Waals surface area contributed by atoms with Gasteiger partial charge in [0.25, 0.3) is 0 Å². The van der Waals surface area contributed by atoms with Gasteiger partial charge < -0.3 is 4.57 Å². The topological polar surface area (TPSA) is 17.8 Å². The molecule has 0 spiro atoms. The van der Waals surface area contributed by atoms with Crippen LogP contribution in [0, 0.1) is 0 Å². The molecule has 0 atom stereocenters. The van der Waals surface area contributed by atoms with Gasteiger partial charge >= 0.3 is 0 Å². The van der Waals surface area contributed by atoms with Crippen LogP contribution in [-0.4, -0.2) is 9.55 Å². The van der Waals surface area contributed by atoms with Crippen LogP contribution >= 0.6 is 0 Å². The zero-order valence-electron chi connectivity index (χ0n) is 23.4. The van der Waals surface area contributed by atoms with Crippen LogP contribution in [0.3, 0.4) is 0 Å². The first-order chi connectivity index (χ1) is 21.3. The Hall–Kier alpha value is -5.73. The van der Waals surface area contributed by atoms with Gasteiger partial charge in [0.2, 0.25) is 0 Å². The molecule has 2 aromatic heterocycles. The van der Waals surface area contributed by atoms with Crippen LogP contribution in [0.15, 0.2) is 158 Å². The number of fused-ring (bicyclic) bond motifs is 1. The van der Waals surface area contributed by atoms with E-state index in [-0.39, 0.29) is 0 Å². The van der Waals surface area contributed by atoms with E-state index in [4.69, 9.17) is 4.98 Å². The molecule has 200 valence electrons. The van der Waals surface area contributed by atoms with Crippen LogP contribution in [-0.2, 0) is 0 Å². The highest BCUT2D eigenvalue weighted by Gasteiger charge is 2.16. The first kappa shape index (κ1) is 23.9. The van der Waals surface area contributed by atoms with Gasteiger partial charge in [-0.3, -0.25) is 0 Å². The van der Waals surface area contributed by atoms with Crippen molar-refractivity contribution in [1.29, 1.82) is 0 Å². The minimum Gasteiger partial charge on any atom is -0.309 e. The molecule has 0 saturated carbocycles. The highest BCUT2D eigenvalue weighted by molar-refractivity contribution is 6.24. The summed E-state index contributed by atoms with van der Waals surface area (Å²) in [5.41, 5.74) is 10.2. The third-order valence-electron chi connectivity index (χ3n) is 8.70. The minimum absolute atomic E-state index is 0.972. The zero-order valence-corrected chi connectivity index (χ0v) is 23.4. The lowest BCUT2D eigenvalue weighted by Crippen LogP contribution is -1.94. The van der Waals surface area contributed by atoms with E-state index in [9.17, 15) is 0 Å². The number of hydrogen-bond donors (Lipinski definition) is 0. The fraction of sp³-hybridized carbons (Fsp3) is 0. The maximum Gasteiger partial charge on any atom is 0.0715 e. The van der Waals surface area contributed by atoms with Crippen molar-refractivity contribution in [2.45, 2.75) is 0 Å². The summed E-state index contributed by atoms with van der Waals surface area (Å²) in [6.45, 7) is 0. The van der Waals surface area contributed by atoms with E-state index in [2.05, 4.69) is 156 Å². The van der Waals surface area contributed by atoms with Gasteiger partial charge in [0.1, 0.15) is 0 Å². The van der Waals surface area contributed by atoms with Crippen molar-refractivity contribution in [3.05, 3.63) is 158 Å². The second kappa shape index (κ2) is 9.40. The lowest BCUT2D eigenvalue weighted by Gasteiger charge is -2.12. The smallest absolute Gasteiger partial charge is 0.0715 e. The summed E-state index contributed by atoms with van der Waals surface area (Å²) in [6, 6.07) is 56.6. The molecule has 0 unspecified atom stereocenters. The minimum atomic E-state index is 0.972. The standard InChI is InChI=1S/C41H26N2/c1-3-9-27(10-4-1)34-25-36(28-11-5-2-6-12-28)42-37(26-34)33-20-19-32-24-35(22-21-31(32)23-33)43-38-15-7-13-29-17-18-30-14-8-16-39(43)41(30)40(29)38/h1-26H. The molecule has 0 amide bonds. The van der Waals surface area contributed by atoms with Crippen LogP contribution < -0.4 is 0 Å². The van der Waals surface area contributed by atoms with Crippen molar-refractivity contribution >= 4 is 43.4 Å². The average molecular weight is 547 g/mol. The van der Waals surface area contributed by atoms with E-state index in [0.29, 0.717) is 0 Å². The molecule has 9 rings (SSSR count). The molecule has 0 bridgehead atoms. The highest BCUT2D eigenvalue weighted by atomic mass is 15.0. The Morgan fingerprint density at radius 1 is 0.349 bits per heavy atom. The molecule has 0 fully saturated rings. The molecule has 2 heteroatoms. The summed E-state index contributed by atoms with van der Waals surface area (Å²) in [5.74, 6) is 0. The predicted octanol–water partition coefficient (Wildman–Crippen LogP) is 10.9. The van der Waals surface area contributed by atoms with E-state index >= 15 is 0 Å². The molecule has 0 saturated heterocycles. The van der Waals surface area contributed by atoms with Gasteiger partial charge in [-0.15, -0.1) is 0 Å². The molecule has 0 aliphatic carbocycles. The molecule has 7 aromatic carbocycles. The monoisotopic (exact) mass is 546 g/mol. The van der Waals surface area contributed by atoms with Crippen molar-refractivity contribution in [3.63, 3.8) is 0 Å². The van der Waals surface area contributed by atoms with Crippen LogP contribution in [0.4, 0.5) is 0 Å². The fourth-order valence-corrected chi connectivity index (χ4v) is 6.66. The molecule has 9 aromatic rings. The third-order valence-corrected chi connectivity index (χ3v) is 8.70. The molecule has 0 aliphatic heterocycles. The number of rotatable bonds is 4. The van der Waals surface area contributed by atoms with Gasteiger partial charge in [0, 0.05) is 27.6 Å². The molecular formula is C41H26N2. The molecular weight excluding hydrogens is 520 g/mol. The first-order valence-corrected chi connectivity index (χ1v) is 14.7. The lowest BCUT2D eigenvalue weighted by molar-refractivity contribution is 1.19. The second-order valence-corrected chi connectivity index (χ2v) is 11.3. The normalized spacial score (nSPS) is 11.7. The van der Waals surface area contributed by atoms with Crippen molar-refractivity contribution in [3.8, 4) is 39.3 Å². The van der Waals surface area contributed by atoms with Crippen LogP contribution in [0.1, 0.15) is 0 Å². The van der Waals surface area contributed by atoms with Crippen molar-refractivity contribution in [2.24, 2.45) is 0 Å². The van der Waals surface area contributed by atoms with E-state index in [1.807, 2.05) is 6.07 Å². The van der Waals surface area contributed by atoms with Gasteiger partial charge in [-0.1, -0.05) is 115 Å². The van der Waals surface area contributed by atoms with Crippen LogP contribution in [0.2, 0.25) is 0 Å². The summed E-state index contributed by atoms with van der Waals surface area (Å²) in [4.78, 5) is 5.15. The predicted molar refractivity (Wildman–Crippen MR) is 181 cm³/mol. The molecule has 0 radical (unpaired) electrons. The van der Waals surface area contributed by atoms with E-state index < -0.39 is 0 Å². The van der Waals surface area contributed by atoms with Crippen molar-refractivity contribution in [1.82, 2.24) is 9.55 Å². The SMILES string of the molecule is c1ccc(-c2cc(-c3ccccc3)nc(-c3ccc4cc(-n5c6cccc7ccc8cccc5c8c76)ccc4c3)c2)cc1. The first-order valence-electron chi connectivity index (χ1n) is 14.7. The van der Waals surface area contributed by atoms with E-state index in [1.165, 1.54) is 54.6 Å².